The smallest absolute Gasteiger partial charge is 0.304 e. The van der Waals surface area contributed by atoms with Gasteiger partial charge in [-0.3, -0.25) is 9.48 Å². The molecule has 1 amide bonds. The van der Waals surface area contributed by atoms with Crippen LogP contribution in [-0.2, 0) is 6.54 Å². The largest absolute Gasteiger partial charge is 0.333 e. The van der Waals surface area contributed by atoms with E-state index in [-0.39, 0.29) is 23.9 Å². The number of aromatic nitrogens is 4. The Labute approximate surface area is 140 Å². The van der Waals surface area contributed by atoms with Gasteiger partial charge in [0.25, 0.3) is 5.91 Å². The number of benzene rings is 1. The van der Waals surface area contributed by atoms with Crippen LogP contribution in [0.2, 0.25) is 0 Å². The first-order chi connectivity index (χ1) is 11.9. The summed E-state index contributed by atoms with van der Waals surface area (Å²) in [4.78, 5) is 12.0. The molecule has 6 nitrogen and oxygen atoms in total. The topological polar surface area (TPSA) is 64.7 Å². The molecule has 3 rings (SSSR count). The molecule has 0 spiro atoms. The number of alkyl halides is 2. The number of carbonyl (C=O) groups is 1. The van der Waals surface area contributed by atoms with E-state index in [0.29, 0.717) is 15.9 Å². The van der Waals surface area contributed by atoms with Crippen molar-refractivity contribution in [2.45, 2.75) is 20.0 Å². The fraction of sp³-hybridized carbons (Fsp3) is 0.188. The Kier molecular flexibility index (Phi) is 4.55. The standard InChI is InChI=1S/C16H14F3N5O/c1-10-8-14(20-15(25)13-6-7-23(21-13)16(18)19)22-24(10)9-11-4-2-3-5-12(11)17/h2-8,16H,9H2,1H3,(H,20,22,25). The van der Waals surface area contributed by atoms with Gasteiger partial charge in [-0.1, -0.05) is 18.2 Å². The predicted octanol–water partition coefficient (Wildman–Crippen LogP) is 3.22. The Morgan fingerprint density at radius 1 is 1.24 bits per heavy atom. The molecule has 0 unspecified atom stereocenters. The highest BCUT2D eigenvalue weighted by Gasteiger charge is 2.15. The Hall–Kier alpha value is -3.10. The van der Waals surface area contributed by atoms with Crippen LogP contribution in [0.3, 0.4) is 0 Å². The highest BCUT2D eigenvalue weighted by Crippen LogP contribution is 2.15. The monoisotopic (exact) mass is 349 g/mol. The van der Waals surface area contributed by atoms with Gasteiger partial charge in [-0.2, -0.15) is 19.0 Å². The number of aryl methyl sites for hydroxylation is 1. The molecule has 25 heavy (non-hydrogen) atoms. The molecule has 130 valence electrons. The molecule has 0 saturated heterocycles. The minimum atomic E-state index is -2.82. The van der Waals surface area contributed by atoms with E-state index in [9.17, 15) is 18.0 Å². The average Bonchev–Trinajstić information content (AvgIpc) is 3.17. The zero-order valence-electron chi connectivity index (χ0n) is 13.2. The Balaban J connectivity index is 1.73. The summed E-state index contributed by atoms with van der Waals surface area (Å²) in [5.74, 6) is -0.777. The van der Waals surface area contributed by atoms with Gasteiger partial charge in [-0.05, 0) is 19.1 Å². The molecule has 0 atom stereocenters. The van der Waals surface area contributed by atoms with Crippen LogP contribution in [-0.4, -0.2) is 25.5 Å². The Morgan fingerprint density at radius 2 is 2.00 bits per heavy atom. The number of nitrogens with zero attached hydrogens (tertiary/aromatic N) is 4. The van der Waals surface area contributed by atoms with Crippen molar-refractivity contribution in [1.29, 1.82) is 0 Å². The van der Waals surface area contributed by atoms with Crippen LogP contribution in [0.5, 0.6) is 0 Å². The van der Waals surface area contributed by atoms with Crippen molar-refractivity contribution in [2.24, 2.45) is 0 Å². The van der Waals surface area contributed by atoms with Gasteiger partial charge < -0.3 is 5.32 Å². The van der Waals surface area contributed by atoms with Crippen molar-refractivity contribution in [3.05, 3.63) is 65.4 Å². The zero-order valence-corrected chi connectivity index (χ0v) is 13.2. The van der Waals surface area contributed by atoms with Gasteiger partial charge in [0.05, 0.1) is 6.54 Å². The minimum Gasteiger partial charge on any atom is -0.304 e. The fourth-order valence-electron chi connectivity index (χ4n) is 2.27. The van der Waals surface area contributed by atoms with Crippen molar-refractivity contribution in [3.63, 3.8) is 0 Å². The molecular formula is C16H14F3N5O. The van der Waals surface area contributed by atoms with E-state index in [4.69, 9.17) is 0 Å². The molecule has 1 N–H and O–H groups in total. The maximum atomic E-state index is 13.7. The number of anilines is 1. The summed E-state index contributed by atoms with van der Waals surface area (Å²) >= 11 is 0. The summed E-state index contributed by atoms with van der Waals surface area (Å²) < 4.78 is 40.6. The second-order valence-electron chi connectivity index (χ2n) is 5.33. The number of amides is 1. The van der Waals surface area contributed by atoms with E-state index in [0.717, 1.165) is 6.20 Å². The first-order valence-corrected chi connectivity index (χ1v) is 7.36. The number of nitrogens with one attached hydrogen (secondary N) is 1. The quantitative estimate of drug-likeness (QED) is 0.769. The number of carbonyl (C=O) groups excluding carboxylic acids is 1. The molecule has 1 aromatic carbocycles. The van der Waals surface area contributed by atoms with Crippen LogP contribution in [0, 0.1) is 12.7 Å². The van der Waals surface area contributed by atoms with Crippen molar-refractivity contribution in [3.8, 4) is 0 Å². The normalized spacial score (nSPS) is 11.1. The van der Waals surface area contributed by atoms with Gasteiger partial charge >= 0.3 is 6.55 Å². The summed E-state index contributed by atoms with van der Waals surface area (Å²) in [7, 11) is 0. The lowest BCUT2D eigenvalue weighted by Crippen LogP contribution is -2.14. The van der Waals surface area contributed by atoms with Gasteiger partial charge in [0.1, 0.15) is 5.82 Å². The first kappa shape index (κ1) is 16.7. The van der Waals surface area contributed by atoms with Crippen molar-refractivity contribution in [2.75, 3.05) is 5.32 Å². The highest BCUT2D eigenvalue weighted by molar-refractivity contribution is 6.02. The summed E-state index contributed by atoms with van der Waals surface area (Å²) in [6.45, 7) is -0.854. The van der Waals surface area contributed by atoms with Crippen LogP contribution in [0.15, 0.2) is 42.6 Å². The van der Waals surface area contributed by atoms with Gasteiger partial charge in [0.2, 0.25) is 0 Å². The average molecular weight is 349 g/mol. The molecule has 2 aromatic heterocycles. The molecule has 0 aliphatic heterocycles. The number of hydrogen-bond donors (Lipinski definition) is 1. The van der Waals surface area contributed by atoms with E-state index in [1.807, 2.05) is 0 Å². The lowest BCUT2D eigenvalue weighted by molar-refractivity contribution is 0.0561. The van der Waals surface area contributed by atoms with Crippen molar-refractivity contribution >= 4 is 11.7 Å². The summed E-state index contributed by atoms with van der Waals surface area (Å²) in [5, 5.41) is 10.2. The highest BCUT2D eigenvalue weighted by atomic mass is 19.3. The molecule has 9 heteroatoms. The molecule has 0 bridgehead atoms. The summed E-state index contributed by atoms with van der Waals surface area (Å²) in [6, 6.07) is 9.10. The summed E-state index contributed by atoms with van der Waals surface area (Å²) in [6.07, 6.45) is 1.02. The SMILES string of the molecule is Cc1cc(NC(=O)c2ccn(C(F)F)n2)nn1Cc1ccccc1F. The lowest BCUT2D eigenvalue weighted by atomic mass is 10.2. The molecular weight excluding hydrogens is 335 g/mol. The van der Waals surface area contributed by atoms with E-state index < -0.39 is 12.5 Å². The number of hydrogen-bond acceptors (Lipinski definition) is 3. The van der Waals surface area contributed by atoms with Crippen molar-refractivity contribution in [1.82, 2.24) is 19.6 Å². The van der Waals surface area contributed by atoms with Crippen LogP contribution < -0.4 is 5.32 Å². The fourth-order valence-corrected chi connectivity index (χ4v) is 2.27. The van der Waals surface area contributed by atoms with Gasteiger partial charge in [-0.25, -0.2) is 9.07 Å². The maximum absolute atomic E-state index is 13.7. The van der Waals surface area contributed by atoms with E-state index in [2.05, 4.69) is 15.5 Å². The Bertz CT molecular complexity index is 903. The predicted molar refractivity (Wildman–Crippen MR) is 83.9 cm³/mol. The molecule has 2 heterocycles. The number of rotatable bonds is 5. The van der Waals surface area contributed by atoms with E-state index in [1.54, 1.807) is 31.2 Å². The minimum absolute atomic E-state index is 0.151. The molecule has 0 saturated carbocycles. The van der Waals surface area contributed by atoms with Gasteiger partial charge in [0, 0.05) is 23.5 Å². The van der Waals surface area contributed by atoms with Crippen LogP contribution >= 0.6 is 0 Å². The van der Waals surface area contributed by atoms with Crippen LogP contribution in [0.4, 0.5) is 19.0 Å². The van der Waals surface area contributed by atoms with Gasteiger partial charge in [0.15, 0.2) is 11.5 Å². The van der Waals surface area contributed by atoms with E-state index >= 15 is 0 Å². The van der Waals surface area contributed by atoms with Crippen molar-refractivity contribution < 1.29 is 18.0 Å². The van der Waals surface area contributed by atoms with Crippen LogP contribution in [0.1, 0.15) is 28.3 Å². The molecule has 0 aliphatic carbocycles. The molecule has 3 aromatic rings. The second kappa shape index (κ2) is 6.80. The number of halogens is 3. The van der Waals surface area contributed by atoms with E-state index in [1.165, 1.54) is 16.8 Å². The van der Waals surface area contributed by atoms with Gasteiger partial charge in [-0.15, -0.1) is 0 Å². The lowest BCUT2D eigenvalue weighted by Gasteiger charge is -2.05. The third kappa shape index (κ3) is 3.70. The first-order valence-electron chi connectivity index (χ1n) is 7.36. The zero-order chi connectivity index (χ0) is 18.0. The Morgan fingerprint density at radius 3 is 2.68 bits per heavy atom. The molecule has 0 radical (unpaired) electrons. The summed E-state index contributed by atoms with van der Waals surface area (Å²) in [5.41, 5.74) is 1.01. The maximum Gasteiger partial charge on any atom is 0.333 e. The second-order valence-corrected chi connectivity index (χ2v) is 5.33. The third-order valence-corrected chi connectivity index (χ3v) is 3.54. The third-order valence-electron chi connectivity index (χ3n) is 3.54. The van der Waals surface area contributed by atoms with Crippen LogP contribution in [0.25, 0.3) is 0 Å². The molecule has 0 aliphatic rings. The molecule has 0 fully saturated rings.